The van der Waals surface area contributed by atoms with E-state index in [9.17, 15) is 9.59 Å². The first kappa shape index (κ1) is 13.8. The van der Waals surface area contributed by atoms with Gasteiger partial charge in [-0.25, -0.2) is 0 Å². The van der Waals surface area contributed by atoms with E-state index in [2.05, 4.69) is 5.32 Å². The van der Waals surface area contributed by atoms with Crippen LogP contribution >= 0.6 is 0 Å². The van der Waals surface area contributed by atoms with Gasteiger partial charge in [-0.2, -0.15) is 0 Å². The molecule has 4 heteroatoms. The van der Waals surface area contributed by atoms with Gasteiger partial charge in [0.25, 0.3) is 5.91 Å². The lowest BCUT2D eigenvalue weighted by Crippen LogP contribution is -2.30. The Morgan fingerprint density at radius 2 is 1.85 bits per heavy atom. The number of amides is 1. The van der Waals surface area contributed by atoms with Gasteiger partial charge in [0.2, 0.25) is 0 Å². The van der Waals surface area contributed by atoms with Crippen molar-refractivity contribution in [1.82, 2.24) is 5.32 Å². The summed E-state index contributed by atoms with van der Waals surface area (Å²) in [6.07, 6.45) is 0. The Hall–Kier alpha value is -2.62. The van der Waals surface area contributed by atoms with Crippen LogP contribution in [0.4, 0.5) is 5.69 Å². The van der Waals surface area contributed by atoms with E-state index < -0.39 is 0 Å². The van der Waals surface area contributed by atoms with E-state index >= 15 is 0 Å². The molecule has 1 amide bonds. The summed E-state index contributed by atoms with van der Waals surface area (Å²) in [5, 5.41) is 2.59. The molecular formula is C16H16N2O2. The van der Waals surface area contributed by atoms with Crippen LogP contribution in [0.2, 0.25) is 0 Å². The highest BCUT2D eigenvalue weighted by Gasteiger charge is 2.11. The molecule has 102 valence electrons. The molecular weight excluding hydrogens is 252 g/mol. The number of carbonyl (C=O) groups is 2. The lowest BCUT2D eigenvalue weighted by Gasteiger charge is -2.07. The van der Waals surface area contributed by atoms with E-state index in [4.69, 9.17) is 5.73 Å². The normalized spacial score (nSPS) is 10.1. The van der Waals surface area contributed by atoms with Crippen LogP contribution in [0.25, 0.3) is 0 Å². The van der Waals surface area contributed by atoms with E-state index in [0.29, 0.717) is 16.8 Å². The zero-order valence-corrected chi connectivity index (χ0v) is 11.2. The van der Waals surface area contributed by atoms with Gasteiger partial charge < -0.3 is 11.1 Å². The van der Waals surface area contributed by atoms with Crippen LogP contribution in [-0.4, -0.2) is 18.2 Å². The van der Waals surface area contributed by atoms with Crippen LogP contribution in [0.15, 0.2) is 48.5 Å². The molecule has 2 aromatic rings. The molecule has 0 spiro atoms. The molecule has 0 bridgehead atoms. The Labute approximate surface area is 117 Å². The van der Waals surface area contributed by atoms with Crippen LogP contribution < -0.4 is 11.1 Å². The fourth-order valence-corrected chi connectivity index (χ4v) is 1.88. The molecule has 0 aliphatic rings. The molecule has 2 rings (SSSR count). The maximum Gasteiger partial charge on any atom is 0.253 e. The zero-order chi connectivity index (χ0) is 14.5. The highest BCUT2D eigenvalue weighted by molar-refractivity contribution is 6.04. The van der Waals surface area contributed by atoms with Crippen molar-refractivity contribution in [2.75, 3.05) is 12.3 Å². The minimum atomic E-state index is -0.343. The number of aryl methyl sites for hydroxylation is 1. The predicted octanol–water partition coefficient (Wildman–Crippen LogP) is 2.19. The fraction of sp³-hybridized carbons (Fsp3) is 0.125. The third kappa shape index (κ3) is 3.23. The van der Waals surface area contributed by atoms with Gasteiger partial charge in [-0.1, -0.05) is 35.9 Å². The highest BCUT2D eigenvalue weighted by Crippen LogP contribution is 2.10. The number of benzene rings is 2. The van der Waals surface area contributed by atoms with Crippen LogP contribution in [0.5, 0.6) is 0 Å². The summed E-state index contributed by atoms with van der Waals surface area (Å²) in [4.78, 5) is 23.9. The van der Waals surface area contributed by atoms with Crippen molar-refractivity contribution in [3.8, 4) is 0 Å². The number of nitrogens with two attached hydrogens (primary N) is 1. The van der Waals surface area contributed by atoms with E-state index in [0.717, 1.165) is 5.56 Å². The van der Waals surface area contributed by atoms with Gasteiger partial charge in [0.15, 0.2) is 5.78 Å². The molecule has 0 atom stereocenters. The maximum atomic E-state index is 12.0. The van der Waals surface area contributed by atoms with Gasteiger partial charge in [-0.3, -0.25) is 9.59 Å². The van der Waals surface area contributed by atoms with Gasteiger partial charge in [-0.05, 0) is 25.1 Å². The summed E-state index contributed by atoms with van der Waals surface area (Å²) < 4.78 is 0. The van der Waals surface area contributed by atoms with Crippen LogP contribution in [0.1, 0.15) is 26.3 Å². The first-order valence-corrected chi connectivity index (χ1v) is 6.30. The third-order valence-electron chi connectivity index (χ3n) is 2.95. The molecule has 0 heterocycles. The van der Waals surface area contributed by atoms with Crippen molar-refractivity contribution in [2.45, 2.75) is 6.92 Å². The number of hydrogen-bond donors (Lipinski definition) is 2. The van der Waals surface area contributed by atoms with Crippen molar-refractivity contribution in [3.05, 3.63) is 65.2 Å². The molecule has 0 saturated carbocycles. The number of rotatable bonds is 4. The molecule has 2 aromatic carbocycles. The Balaban J connectivity index is 2.01. The molecule has 0 radical (unpaired) electrons. The van der Waals surface area contributed by atoms with Gasteiger partial charge in [0, 0.05) is 11.3 Å². The lowest BCUT2D eigenvalue weighted by atomic mass is 10.1. The second-order valence-corrected chi connectivity index (χ2v) is 4.56. The van der Waals surface area contributed by atoms with Crippen LogP contribution in [0.3, 0.4) is 0 Å². The van der Waals surface area contributed by atoms with E-state index in [1.165, 1.54) is 0 Å². The number of anilines is 1. The minimum absolute atomic E-state index is 0.0450. The molecule has 20 heavy (non-hydrogen) atoms. The number of carbonyl (C=O) groups excluding carboxylic acids is 2. The number of hydrogen-bond acceptors (Lipinski definition) is 3. The Morgan fingerprint density at radius 1 is 1.10 bits per heavy atom. The summed E-state index contributed by atoms with van der Waals surface area (Å²) >= 11 is 0. The minimum Gasteiger partial charge on any atom is -0.398 e. The van der Waals surface area contributed by atoms with Gasteiger partial charge in [0.05, 0.1) is 12.1 Å². The fourth-order valence-electron chi connectivity index (χ4n) is 1.88. The summed E-state index contributed by atoms with van der Waals surface area (Å²) in [6.45, 7) is 1.87. The average Bonchev–Trinajstić information content (AvgIpc) is 2.45. The third-order valence-corrected chi connectivity index (χ3v) is 2.95. The monoisotopic (exact) mass is 268 g/mol. The van der Waals surface area contributed by atoms with E-state index in [-0.39, 0.29) is 18.2 Å². The zero-order valence-electron chi connectivity index (χ0n) is 11.2. The lowest BCUT2D eigenvalue weighted by molar-refractivity contribution is 0.0904. The number of para-hydroxylation sites is 1. The summed E-state index contributed by atoms with van der Waals surface area (Å²) in [6, 6.07) is 14.0. The van der Waals surface area contributed by atoms with Gasteiger partial charge >= 0.3 is 0 Å². The molecule has 0 aliphatic carbocycles. The maximum absolute atomic E-state index is 12.0. The SMILES string of the molecule is Cc1cccc(C(=O)CNC(=O)c2ccccc2N)c1. The van der Waals surface area contributed by atoms with E-state index in [1.54, 1.807) is 36.4 Å². The van der Waals surface area contributed by atoms with Gasteiger partial charge in [0.1, 0.15) is 0 Å². The van der Waals surface area contributed by atoms with Crippen molar-refractivity contribution in [3.63, 3.8) is 0 Å². The van der Waals surface area contributed by atoms with Crippen molar-refractivity contribution >= 4 is 17.4 Å². The average molecular weight is 268 g/mol. The number of nitrogens with one attached hydrogen (secondary N) is 1. The molecule has 0 unspecified atom stereocenters. The Bertz CT molecular complexity index is 650. The molecule has 4 nitrogen and oxygen atoms in total. The summed E-state index contributed by atoms with van der Waals surface area (Å²) in [5.74, 6) is -0.472. The van der Waals surface area contributed by atoms with Crippen molar-refractivity contribution in [1.29, 1.82) is 0 Å². The van der Waals surface area contributed by atoms with Crippen LogP contribution in [-0.2, 0) is 0 Å². The second-order valence-electron chi connectivity index (χ2n) is 4.56. The molecule has 0 fully saturated rings. The molecule has 0 aromatic heterocycles. The van der Waals surface area contributed by atoms with Gasteiger partial charge in [-0.15, -0.1) is 0 Å². The van der Waals surface area contributed by atoms with Crippen LogP contribution in [0, 0.1) is 6.92 Å². The Kier molecular flexibility index (Phi) is 4.15. The molecule has 0 aliphatic heterocycles. The Morgan fingerprint density at radius 3 is 2.55 bits per heavy atom. The molecule has 0 saturated heterocycles. The topological polar surface area (TPSA) is 72.2 Å². The highest BCUT2D eigenvalue weighted by atomic mass is 16.2. The van der Waals surface area contributed by atoms with E-state index in [1.807, 2.05) is 19.1 Å². The van der Waals surface area contributed by atoms with Crippen molar-refractivity contribution in [2.24, 2.45) is 0 Å². The quantitative estimate of drug-likeness (QED) is 0.659. The second kappa shape index (κ2) is 6.02. The first-order valence-electron chi connectivity index (χ1n) is 6.30. The summed E-state index contributed by atoms with van der Waals surface area (Å²) in [5.41, 5.74) is 8.09. The summed E-state index contributed by atoms with van der Waals surface area (Å²) in [7, 11) is 0. The van der Waals surface area contributed by atoms with Crippen molar-refractivity contribution < 1.29 is 9.59 Å². The standard InChI is InChI=1S/C16H16N2O2/c1-11-5-4-6-12(9-11)15(19)10-18-16(20)13-7-2-3-8-14(13)17/h2-9H,10,17H2,1H3,(H,18,20). The number of nitrogen functional groups attached to an aromatic ring is 1. The molecule has 3 N–H and O–H groups in total. The number of ketones is 1. The smallest absolute Gasteiger partial charge is 0.253 e. The first-order chi connectivity index (χ1) is 9.58. The largest absolute Gasteiger partial charge is 0.398 e. The predicted molar refractivity (Wildman–Crippen MR) is 78.7 cm³/mol. The number of Topliss-reactive ketones (excluding diaryl/α,β-unsaturated/α-hetero) is 1.